The van der Waals surface area contributed by atoms with E-state index in [9.17, 15) is 4.79 Å². The van der Waals surface area contributed by atoms with Gasteiger partial charge in [-0.15, -0.1) is 0 Å². The molecular formula is C13H20N4O2. The Hall–Kier alpha value is -1.66. The minimum absolute atomic E-state index is 0.0632. The van der Waals surface area contributed by atoms with Crippen LogP contribution < -0.4 is 10.6 Å². The molecule has 0 radical (unpaired) electrons. The van der Waals surface area contributed by atoms with Crippen molar-refractivity contribution in [2.45, 2.75) is 6.10 Å². The molecule has 0 aliphatic carbocycles. The summed E-state index contributed by atoms with van der Waals surface area (Å²) in [5.41, 5.74) is 0.600. The van der Waals surface area contributed by atoms with Gasteiger partial charge in [0.1, 0.15) is 5.82 Å². The highest BCUT2D eigenvalue weighted by atomic mass is 16.5. The summed E-state index contributed by atoms with van der Waals surface area (Å²) >= 11 is 0. The molecule has 1 unspecified atom stereocenters. The van der Waals surface area contributed by atoms with Crippen LogP contribution in [0, 0.1) is 0 Å². The van der Waals surface area contributed by atoms with Crippen LogP contribution in [0.5, 0.6) is 0 Å². The van der Waals surface area contributed by atoms with Crippen molar-refractivity contribution in [3.63, 3.8) is 0 Å². The number of nitrogens with one attached hydrogen (secondary N) is 2. The van der Waals surface area contributed by atoms with E-state index in [1.54, 1.807) is 25.4 Å². The fraction of sp³-hybridized carbons (Fsp3) is 0.538. The van der Waals surface area contributed by atoms with Crippen molar-refractivity contribution in [3.05, 3.63) is 23.9 Å². The Labute approximate surface area is 113 Å². The molecule has 1 fully saturated rings. The van der Waals surface area contributed by atoms with Gasteiger partial charge in [-0.2, -0.15) is 0 Å². The van der Waals surface area contributed by atoms with Gasteiger partial charge >= 0.3 is 0 Å². The fourth-order valence-corrected chi connectivity index (χ4v) is 2.01. The van der Waals surface area contributed by atoms with Crippen LogP contribution in [-0.2, 0) is 4.74 Å². The molecule has 0 bridgehead atoms. The molecule has 0 spiro atoms. The van der Waals surface area contributed by atoms with Gasteiger partial charge in [0, 0.05) is 38.4 Å². The van der Waals surface area contributed by atoms with E-state index < -0.39 is 0 Å². The number of nitrogens with zero attached hydrogens (tertiary/aromatic N) is 2. The fourth-order valence-electron chi connectivity index (χ4n) is 2.01. The molecule has 2 N–H and O–H groups in total. The van der Waals surface area contributed by atoms with E-state index in [1.807, 2.05) is 0 Å². The number of rotatable bonds is 4. The topological polar surface area (TPSA) is 66.5 Å². The third-order valence-corrected chi connectivity index (χ3v) is 3.11. The monoisotopic (exact) mass is 264 g/mol. The molecule has 0 aromatic carbocycles. The average molecular weight is 264 g/mol. The van der Waals surface area contributed by atoms with Gasteiger partial charge < -0.3 is 20.3 Å². The van der Waals surface area contributed by atoms with Gasteiger partial charge in [-0.3, -0.25) is 4.79 Å². The van der Waals surface area contributed by atoms with Gasteiger partial charge in [0.15, 0.2) is 0 Å². The van der Waals surface area contributed by atoms with Crippen molar-refractivity contribution >= 4 is 11.7 Å². The molecule has 6 heteroatoms. The van der Waals surface area contributed by atoms with Crippen LogP contribution in [-0.4, -0.2) is 62.2 Å². The molecule has 2 rings (SSSR count). The molecule has 1 atom stereocenters. The van der Waals surface area contributed by atoms with E-state index in [0.717, 1.165) is 19.7 Å². The molecule has 1 aromatic heterocycles. The maximum atomic E-state index is 12.0. The minimum atomic E-state index is -0.101. The Morgan fingerprint density at radius 3 is 3.21 bits per heavy atom. The lowest BCUT2D eigenvalue weighted by Crippen LogP contribution is -2.45. The molecule has 1 saturated heterocycles. The van der Waals surface area contributed by atoms with Gasteiger partial charge in [0.25, 0.3) is 5.91 Å². The number of pyridine rings is 1. The summed E-state index contributed by atoms with van der Waals surface area (Å²) in [4.78, 5) is 18.3. The summed E-state index contributed by atoms with van der Waals surface area (Å²) in [7, 11) is 3.83. The second kappa shape index (κ2) is 6.49. The van der Waals surface area contributed by atoms with Crippen molar-refractivity contribution in [3.8, 4) is 0 Å². The van der Waals surface area contributed by atoms with Gasteiger partial charge in [0.05, 0.1) is 12.7 Å². The minimum Gasteiger partial charge on any atom is -0.374 e. The van der Waals surface area contributed by atoms with Crippen LogP contribution in [0.25, 0.3) is 0 Å². The van der Waals surface area contributed by atoms with Crippen LogP contribution in [0.3, 0.4) is 0 Å². The van der Waals surface area contributed by atoms with Crippen molar-refractivity contribution in [1.82, 2.24) is 15.2 Å². The lowest BCUT2D eigenvalue weighted by Gasteiger charge is -2.30. The highest BCUT2D eigenvalue weighted by Crippen LogP contribution is 2.06. The molecule has 0 saturated carbocycles. The molecule has 1 aromatic rings. The van der Waals surface area contributed by atoms with Crippen LogP contribution in [0.2, 0.25) is 0 Å². The van der Waals surface area contributed by atoms with Gasteiger partial charge in [-0.25, -0.2) is 4.98 Å². The van der Waals surface area contributed by atoms with Crippen LogP contribution in [0.4, 0.5) is 5.82 Å². The number of anilines is 1. The van der Waals surface area contributed by atoms with E-state index in [0.29, 0.717) is 17.9 Å². The van der Waals surface area contributed by atoms with Crippen molar-refractivity contribution in [2.24, 2.45) is 0 Å². The number of morpholine rings is 1. The van der Waals surface area contributed by atoms with Crippen LogP contribution in [0.1, 0.15) is 10.4 Å². The number of carbonyl (C=O) groups excluding carboxylic acids is 1. The van der Waals surface area contributed by atoms with E-state index in [4.69, 9.17) is 4.74 Å². The zero-order chi connectivity index (χ0) is 13.7. The molecule has 104 valence electrons. The smallest absolute Gasteiger partial charge is 0.251 e. The van der Waals surface area contributed by atoms with E-state index in [2.05, 4.69) is 27.6 Å². The Morgan fingerprint density at radius 1 is 1.63 bits per heavy atom. The number of likely N-dealkylation sites (N-methyl/N-ethyl adjacent to an activating group) is 1. The summed E-state index contributed by atoms with van der Waals surface area (Å²) in [6, 6.07) is 3.42. The summed E-state index contributed by atoms with van der Waals surface area (Å²) < 4.78 is 5.60. The molecule has 2 heterocycles. The number of carbonyl (C=O) groups is 1. The third kappa shape index (κ3) is 3.90. The summed E-state index contributed by atoms with van der Waals surface area (Å²) in [5, 5.41) is 5.81. The highest BCUT2D eigenvalue weighted by molar-refractivity contribution is 5.94. The predicted molar refractivity (Wildman–Crippen MR) is 73.4 cm³/mol. The summed E-state index contributed by atoms with van der Waals surface area (Å²) in [5.74, 6) is 0.581. The van der Waals surface area contributed by atoms with Crippen LogP contribution >= 0.6 is 0 Å². The number of amides is 1. The Balaban J connectivity index is 1.86. The van der Waals surface area contributed by atoms with Gasteiger partial charge in [-0.1, -0.05) is 0 Å². The predicted octanol–water partition coefficient (Wildman–Crippen LogP) is 0.184. The highest BCUT2D eigenvalue weighted by Gasteiger charge is 2.18. The number of aromatic nitrogens is 1. The van der Waals surface area contributed by atoms with Gasteiger partial charge in [-0.05, 0) is 19.2 Å². The van der Waals surface area contributed by atoms with E-state index >= 15 is 0 Å². The normalized spacial score (nSPS) is 20.0. The maximum Gasteiger partial charge on any atom is 0.251 e. The second-order valence-corrected chi connectivity index (χ2v) is 4.64. The van der Waals surface area contributed by atoms with E-state index in [-0.39, 0.29) is 12.0 Å². The van der Waals surface area contributed by atoms with Crippen molar-refractivity contribution in [2.75, 3.05) is 45.7 Å². The summed E-state index contributed by atoms with van der Waals surface area (Å²) in [6.45, 7) is 3.04. The van der Waals surface area contributed by atoms with Crippen molar-refractivity contribution in [1.29, 1.82) is 0 Å². The maximum absolute atomic E-state index is 12.0. The first kappa shape index (κ1) is 13.8. The summed E-state index contributed by atoms with van der Waals surface area (Å²) in [6.07, 6.45) is 1.68. The first-order valence-electron chi connectivity index (χ1n) is 6.41. The molecule has 1 amide bonds. The van der Waals surface area contributed by atoms with Crippen LogP contribution in [0.15, 0.2) is 18.3 Å². The quantitative estimate of drug-likeness (QED) is 0.812. The molecular weight excluding hydrogens is 244 g/mol. The zero-order valence-corrected chi connectivity index (χ0v) is 11.3. The third-order valence-electron chi connectivity index (χ3n) is 3.11. The molecule has 6 nitrogen and oxygen atoms in total. The molecule has 1 aliphatic rings. The number of hydrogen-bond acceptors (Lipinski definition) is 5. The van der Waals surface area contributed by atoms with E-state index in [1.165, 1.54) is 0 Å². The lowest BCUT2D eigenvalue weighted by molar-refractivity contribution is -0.0175. The largest absolute Gasteiger partial charge is 0.374 e. The SMILES string of the molecule is CNc1cc(C(=O)NCC2CN(C)CCO2)ccn1. The number of hydrogen-bond donors (Lipinski definition) is 2. The van der Waals surface area contributed by atoms with Gasteiger partial charge in [0.2, 0.25) is 0 Å². The first-order chi connectivity index (χ1) is 9.19. The lowest BCUT2D eigenvalue weighted by atomic mass is 10.2. The zero-order valence-electron chi connectivity index (χ0n) is 11.3. The second-order valence-electron chi connectivity index (χ2n) is 4.64. The first-order valence-corrected chi connectivity index (χ1v) is 6.41. The Bertz CT molecular complexity index is 438. The Kier molecular flexibility index (Phi) is 4.70. The van der Waals surface area contributed by atoms with Crippen molar-refractivity contribution < 1.29 is 9.53 Å². The average Bonchev–Trinajstić information content (AvgIpc) is 2.45. The standard InChI is InChI=1S/C13H20N4O2/c1-14-12-7-10(3-4-15-12)13(18)16-8-11-9-17(2)5-6-19-11/h3-4,7,11H,5-6,8-9H2,1-2H3,(H,14,15)(H,16,18). The molecule has 19 heavy (non-hydrogen) atoms. The molecule has 1 aliphatic heterocycles. The Morgan fingerprint density at radius 2 is 2.47 bits per heavy atom. The number of ether oxygens (including phenoxy) is 1.